The number of aliphatic carboxylic acids is 1. The van der Waals surface area contributed by atoms with Crippen LogP contribution < -0.4 is 0 Å². The summed E-state index contributed by atoms with van der Waals surface area (Å²) in [4.78, 5) is 10.7. The monoisotopic (exact) mass is 281 g/mol. The zero-order chi connectivity index (χ0) is 14.0. The lowest BCUT2D eigenvalue weighted by molar-refractivity contribution is -0.133. The Morgan fingerprint density at radius 1 is 1.53 bits per heavy atom. The number of H-pyrrole nitrogens is 1. The van der Waals surface area contributed by atoms with Crippen molar-refractivity contribution in [3.8, 4) is 11.4 Å². The summed E-state index contributed by atoms with van der Waals surface area (Å²) in [5, 5.41) is 24.4. The van der Waals surface area contributed by atoms with Gasteiger partial charge in [-0.15, -0.1) is 10.2 Å². The van der Waals surface area contributed by atoms with Gasteiger partial charge >= 0.3 is 5.97 Å². The number of nitrogens with zero attached hydrogens (tertiary/aromatic N) is 4. The predicted octanol–water partition coefficient (Wildman–Crippen LogP) is 1.73. The summed E-state index contributed by atoms with van der Waals surface area (Å²) in [6, 6.07) is 0.135. The molecule has 0 atom stereocenters. The van der Waals surface area contributed by atoms with Crippen molar-refractivity contribution in [1.82, 2.24) is 25.0 Å². The van der Waals surface area contributed by atoms with E-state index in [0.29, 0.717) is 11.0 Å². The molecule has 0 bridgehead atoms. The number of carbonyl (C=O) groups is 1. The van der Waals surface area contributed by atoms with Crippen LogP contribution in [0.4, 0.5) is 0 Å². The van der Waals surface area contributed by atoms with E-state index in [1.807, 2.05) is 25.3 Å². The number of thioether (sulfide) groups is 1. The largest absolute Gasteiger partial charge is 0.481 e. The van der Waals surface area contributed by atoms with Crippen molar-refractivity contribution in [2.45, 2.75) is 32.0 Å². The van der Waals surface area contributed by atoms with Gasteiger partial charge < -0.3 is 5.11 Å². The summed E-state index contributed by atoms with van der Waals surface area (Å²) in [7, 11) is 0. The second kappa shape index (κ2) is 5.43. The van der Waals surface area contributed by atoms with Crippen molar-refractivity contribution in [3.63, 3.8) is 0 Å². The summed E-state index contributed by atoms with van der Waals surface area (Å²) in [6.45, 7) is 5.92. The second-order valence-corrected chi connectivity index (χ2v) is 5.30. The molecular formula is C11H15N5O2S. The van der Waals surface area contributed by atoms with Gasteiger partial charge in [-0.1, -0.05) is 11.8 Å². The molecular weight excluding hydrogens is 266 g/mol. The number of hydrogen-bond acceptors (Lipinski definition) is 5. The molecule has 0 aliphatic carbocycles. The van der Waals surface area contributed by atoms with Gasteiger partial charge in [0.25, 0.3) is 0 Å². The van der Waals surface area contributed by atoms with Crippen molar-refractivity contribution in [1.29, 1.82) is 0 Å². The lowest BCUT2D eigenvalue weighted by Gasteiger charge is -2.12. The fraction of sp³-hybridized carbons (Fsp3) is 0.455. The van der Waals surface area contributed by atoms with Crippen molar-refractivity contribution < 1.29 is 9.90 Å². The van der Waals surface area contributed by atoms with Crippen LogP contribution in [0.3, 0.4) is 0 Å². The van der Waals surface area contributed by atoms with Crippen molar-refractivity contribution in [2.24, 2.45) is 0 Å². The highest BCUT2D eigenvalue weighted by Crippen LogP contribution is 2.28. The lowest BCUT2D eigenvalue weighted by Crippen LogP contribution is -2.07. The average molecular weight is 281 g/mol. The van der Waals surface area contributed by atoms with Gasteiger partial charge in [-0.05, 0) is 20.8 Å². The van der Waals surface area contributed by atoms with Gasteiger partial charge in [0.05, 0.1) is 17.5 Å². The maximum atomic E-state index is 10.7. The molecule has 0 aliphatic rings. The van der Waals surface area contributed by atoms with E-state index in [9.17, 15) is 4.79 Å². The molecule has 2 aromatic rings. The van der Waals surface area contributed by atoms with Gasteiger partial charge in [-0.2, -0.15) is 5.10 Å². The van der Waals surface area contributed by atoms with E-state index in [0.717, 1.165) is 11.3 Å². The Morgan fingerprint density at radius 2 is 2.26 bits per heavy atom. The SMILES string of the molecule is Cc1[nH]ncc1-c1nnc(SCC(=O)O)n1C(C)C. The molecule has 102 valence electrons. The van der Waals surface area contributed by atoms with Crippen LogP contribution in [0.2, 0.25) is 0 Å². The normalized spacial score (nSPS) is 11.2. The number of carboxylic acid groups (broad SMARTS) is 1. The number of aryl methyl sites for hydroxylation is 1. The maximum Gasteiger partial charge on any atom is 0.313 e. The van der Waals surface area contributed by atoms with Crippen molar-refractivity contribution in [2.75, 3.05) is 5.75 Å². The summed E-state index contributed by atoms with van der Waals surface area (Å²) < 4.78 is 1.92. The highest BCUT2D eigenvalue weighted by molar-refractivity contribution is 7.99. The smallest absolute Gasteiger partial charge is 0.313 e. The van der Waals surface area contributed by atoms with Crippen LogP contribution in [0.15, 0.2) is 11.4 Å². The molecule has 0 fully saturated rings. The molecule has 0 aromatic carbocycles. The third kappa shape index (κ3) is 2.78. The highest BCUT2D eigenvalue weighted by atomic mass is 32.2. The minimum Gasteiger partial charge on any atom is -0.481 e. The van der Waals surface area contributed by atoms with Crippen LogP contribution in [-0.4, -0.2) is 41.8 Å². The predicted molar refractivity (Wildman–Crippen MR) is 71.1 cm³/mol. The third-order valence-corrected chi connectivity index (χ3v) is 3.50. The van der Waals surface area contributed by atoms with Crippen LogP contribution in [0.1, 0.15) is 25.6 Å². The van der Waals surface area contributed by atoms with Crippen LogP contribution in [0, 0.1) is 6.92 Å². The Balaban J connectivity index is 2.40. The fourth-order valence-corrected chi connectivity index (χ4v) is 2.51. The van der Waals surface area contributed by atoms with E-state index in [-0.39, 0.29) is 11.8 Å². The average Bonchev–Trinajstić information content (AvgIpc) is 2.91. The van der Waals surface area contributed by atoms with Gasteiger partial charge in [0.1, 0.15) is 0 Å². The minimum atomic E-state index is -0.871. The number of carboxylic acids is 1. The van der Waals surface area contributed by atoms with E-state index in [1.165, 1.54) is 11.8 Å². The molecule has 2 N–H and O–H groups in total. The van der Waals surface area contributed by atoms with E-state index in [4.69, 9.17) is 5.11 Å². The molecule has 0 radical (unpaired) electrons. The molecule has 2 heterocycles. The molecule has 8 heteroatoms. The first-order chi connectivity index (χ1) is 9.00. The Kier molecular flexibility index (Phi) is 3.89. The van der Waals surface area contributed by atoms with Gasteiger partial charge in [-0.3, -0.25) is 14.5 Å². The number of hydrogen-bond donors (Lipinski definition) is 2. The number of rotatable bonds is 5. The van der Waals surface area contributed by atoms with Crippen LogP contribution in [0.25, 0.3) is 11.4 Å². The van der Waals surface area contributed by atoms with E-state index >= 15 is 0 Å². The fourth-order valence-electron chi connectivity index (χ4n) is 1.73. The van der Waals surface area contributed by atoms with Gasteiger partial charge in [0.2, 0.25) is 0 Å². The second-order valence-electron chi connectivity index (χ2n) is 4.36. The van der Waals surface area contributed by atoms with Crippen molar-refractivity contribution >= 4 is 17.7 Å². The number of aromatic amines is 1. The first kappa shape index (κ1) is 13.6. The molecule has 0 saturated heterocycles. The summed E-state index contributed by atoms with van der Waals surface area (Å²) in [6.07, 6.45) is 1.70. The van der Waals surface area contributed by atoms with Crippen LogP contribution >= 0.6 is 11.8 Å². The minimum absolute atomic E-state index is 0.0325. The Morgan fingerprint density at radius 3 is 2.79 bits per heavy atom. The summed E-state index contributed by atoms with van der Waals surface area (Å²) >= 11 is 1.17. The Labute approximate surface area is 114 Å². The van der Waals surface area contributed by atoms with Gasteiger partial charge in [0, 0.05) is 11.7 Å². The molecule has 0 unspecified atom stereocenters. The lowest BCUT2D eigenvalue weighted by atomic mass is 10.2. The molecule has 0 saturated carbocycles. The van der Waals surface area contributed by atoms with Crippen molar-refractivity contribution in [3.05, 3.63) is 11.9 Å². The quantitative estimate of drug-likeness (QED) is 0.810. The van der Waals surface area contributed by atoms with E-state index in [2.05, 4.69) is 20.4 Å². The van der Waals surface area contributed by atoms with Crippen LogP contribution in [-0.2, 0) is 4.79 Å². The molecule has 7 nitrogen and oxygen atoms in total. The summed E-state index contributed by atoms with van der Waals surface area (Å²) in [5.74, 6) is -0.201. The standard InChI is InChI=1S/C11H15N5O2S/c1-6(2)16-10(8-4-12-13-7(8)3)14-15-11(16)19-5-9(17)18/h4,6H,5H2,1-3H3,(H,12,13)(H,17,18). The molecule has 0 aliphatic heterocycles. The van der Waals surface area contributed by atoms with Crippen LogP contribution in [0.5, 0.6) is 0 Å². The Hall–Kier alpha value is -1.83. The van der Waals surface area contributed by atoms with Gasteiger partial charge in [0.15, 0.2) is 11.0 Å². The Bertz CT molecular complexity index is 590. The number of aromatic nitrogens is 5. The first-order valence-electron chi connectivity index (χ1n) is 5.80. The highest BCUT2D eigenvalue weighted by Gasteiger charge is 2.19. The van der Waals surface area contributed by atoms with E-state index < -0.39 is 5.97 Å². The van der Waals surface area contributed by atoms with Gasteiger partial charge in [-0.25, -0.2) is 0 Å². The molecule has 2 aromatic heterocycles. The zero-order valence-electron chi connectivity index (χ0n) is 10.9. The van der Waals surface area contributed by atoms with E-state index in [1.54, 1.807) is 6.20 Å². The zero-order valence-corrected chi connectivity index (χ0v) is 11.7. The first-order valence-corrected chi connectivity index (χ1v) is 6.79. The molecule has 19 heavy (non-hydrogen) atoms. The number of nitrogens with one attached hydrogen (secondary N) is 1. The third-order valence-electron chi connectivity index (χ3n) is 2.58. The molecule has 2 rings (SSSR count). The molecule has 0 spiro atoms. The summed E-state index contributed by atoms with van der Waals surface area (Å²) in [5.41, 5.74) is 1.78. The molecule has 0 amide bonds. The topological polar surface area (TPSA) is 96.7 Å². The maximum absolute atomic E-state index is 10.7.